The molecule has 0 radical (unpaired) electrons. The molecule has 0 saturated carbocycles. The van der Waals surface area contributed by atoms with Crippen LogP contribution in [0.5, 0.6) is 5.75 Å². The number of amides is 1. The molecule has 126 valence electrons. The van der Waals surface area contributed by atoms with Gasteiger partial charge in [0.25, 0.3) is 11.6 Å². The first-order chi connectivity index (χ1) is 11.3. The van der Waals surface area contributed by atoms with Crippen LogP contribution in [0.15, 0.2) is 48.5 Å². The van der Waals surface area contributed by atoms with Crippen LogP contribution in [-0.2, 0) is 11.0 Å². The van der Waals surface area contributed by atoms with E-state index >= 15 is 0 Å². The minimum atomic E-state index is -4.61. The van der Waals surface area contributed by atoms with Crippen LogP contribution in [0.2, 0.25) is 0 Å². The molecule has 1 N–H and O–H groups in total. The summed E-state index contributed by atoms with van der Waals surface area (Å²) < 4.78 is 43.5. The van der Waals surface area contributed by atoms with Crippen molar-refractivity contribution in [1.82, 2.24) is 0 Å². The molecule has 1 amide bonds. The molecule has 2 aromatic carbocycles. The summed E-state index contributed by atoms with van der Waals surface area (Å²) in [4.78, 5) is 21.7. The Morgan fingerprint density at radius 1 is 1.17 bits per heavy atom. The zero-order valence-corrected chi connectivity index (χ0v) is 12.0. The second kappa shape index (κ2) is 6.99. The Morgan fingerprint density at radius 2 is 1.88 bits per heavy atom. The van der Waals surface area contributed by atoms with Crippen LogP contribution in [-0.4, -0.2) is 17.4 Å². The van der Waals surface area contributed by atoms with Gasteiger partial charge in [0.05, 0.1) is 22.2 Å². The fraction of sp³-hybridized carbons (Fsp3) is 0.133. The summed E-state index contributed by atoms with van der Waals surface area (Å²) in [5.74, 6) is -0.762. The Bertz CT molecular complexity index is 762. The Kier molecular flexibility index (Phi) is 5.02. The number of para-hydroxylation sites is 1. The Morgan fingerprint density at radius 3 is 2.54 bits per heavy atom. The van der Waals surface area contributed by atoms with Gasteiger partial charge in [0.15, 0.2) is 6.61 Å². The minimum absolute atomic E-state index is 0.0588. The zero-order valence-electron chi connectivity index (χ0n) is 12.0. The molecule has 0 saturated heterocycles. The number of anilines is 1. The van der Waals surface area contributed by atoms with E-state index in [1.54, 1.807) is 0 Å². The lowest BCUT2D eigenvalue weighted by Crippen LogP contribution is -2.22. The summed E-state index contributed by atoms with van der Waals surface area (Å²) in [5, 5.41) is 12.7. The number of nitro benzene ring substituents is 1. The van der Waals surface area contributed by atoms with Crippen LogP contribution >= 0.6 is 0 Å². The van der Waals surface area contributed by atoms with Gasteiger partial charge in [-0.3, -0.25) is 14.9 Å². The predicted octanol–water partition coefficient (Wildman–Crippen LogP) is 3.63. The van der Waals surface area contributed by atoms with Crippen molar-refractivity contribution in [2.75, 3.05) is 11.9 Å². The number of nitrogens with one attached hydrogen (secondary N) is 1. The van der Waals surface area contributed by atoms with Gasteiger partial charge in [0.1, 0.15) is 5.75 Å². The fourth-order valence-corrected chi connectivity index (χ4v) is 1.86. The summed E-state index contributed by atoms with van der Waals surface area (Å²) >= 11 is 0. The highest BCUT2D eigenvalue weighted by atomic mass is 19.4. The highest BCUT2D eigenvalue weighted by molar-refractivity contribution is 5.92. The molecule has 0 aliphatic rings. The summed E-state index contributed by atoms with van der Waals surface area (Å²) in [7, 11) is 0. The van der Waals surface area contributed by atoms with Crippen molar-refractivity contribution in [1.29, 1.82) is 0 Å². The van der Waals surface area contributed by atoms with Crippen LogP contribution in [0, 0.1) is 10.1 Å². The van der Waals surface area contributed by atoms with Gasteiger partial charge in [-0.1, -0.05) is 18.2 Å². The number of nitrogens with zero attached hydrogens (tertiary/aromatic N) is 1. The molecule has 0 aliphatic carbocycles. The van der Waals surface area contributed by atoms with Crippen LogP contribution in [0.3, 0.4) is 0 Å². The maximum absolute atomic E-state index is 12.8. The number of halogens is 3. The normalized spacial score (nSPS) is 11.0. The first-order valence-electron chi connectivity index (χ1n) is 6.60. The van der Waals surface area contributed by atoms with Crippen molar-refractivity contribution in [2.45, 2.75) is 6.18 Å². The second-order valence-corrected chi connectivity index (χ2v) is 4.63. The summed E-state index contributed by atoms with van der Waals surface area (Å²) in [5.41, 5.74) is -1.60. The third-order valence-corrected chi connectivity index (χ3v) is 2.90. The molecule has 2 rings (SSSR count). The van der Waals surface area contributed by atoms with E-state index in [9.17, 15) is 28.1 Å². The number of rotatable bonds is 5. The van der Waals surface area contributed by atoms with Crippen molar-refractivity contribution < 1.29 is 27.6 Å². The smallest absolute Gasteiger partial charge is 0.418 e. The van der Waals surface area contributed by atoms with Gasteiger partial charge < -0.3 is 10.1 Å². The van der Waals surface area contributed by atoms with E-state index in [4.69, 9.17) is 4.74 Å². The van der Waals surface area contributed by atoms with E-state index in [0.29, 0.717) is 0 Å². The van der Waals surface area contributed by atoms with Crippen molar-refractivity contribution in [2.24, 2.45) is 0 Å². The Labute approximate surface area is 134 Å². The minimum Gasteiger partial charge on any atom is -0.484 e. The lowest BCUT2D eigenvalue weighted by atomic mass is 10.1. The third-order valence-electron chi connectivity index (χ3n) is 2.90. The van der Waals surface area contributed by atoms with E-state index in [1.165, 1.54) is 30.3 Å². The molecule has 0 spiro atoms. The summed E-state index contributed by atoms with van der Waals surface area (Å²) in [6.07, 6.45) is -4.61. The van der Waals surface area contributed by atoms with Crippen LogP contribution in [0.25, 0.3) is 0 Å². The van der Waals surface area contributed by atoms with Gasteiger partial charge >= 0.3 is 6.18 Å². The predicted molar refractivity (Wildman–Crippen MR) is 78.7 cm³/mol. The molecule has 2 aromatic rings. The molecule has 0 aromatic heterocycles. The molecule has 0 bridgehead atoms. The zero-order chi connectivity index (χ0) is 17.7. The van der Waals surface area contributed by atoms with Crippen molar-refractivity contribution in [3.8, 4) is 5.75 Å². The van der Waals surface area contributed by atoms with E-state index in [0.717, 1.165) is 18.2 Å². The number of hydrogen-bond acceptors (Lipinski definition) is 4. The van der Waals surface area contributed by atoms with Crippen LogP contribution in [0.1, 0.15) is 5.56 Å². The molecular weight excluding hydrogens is 329 g/mol. The Balaban J connectivity index is 2.02. The third kappa shape index (κ3) is 4.45. The van der Waals surface area contributed by atoms with E-state index in [1.807, 2.05) is 0 Å². The fourth-order valence-electron chi connectivity index (χ4n) is 1.86. The van der Waals surface area contributed by atoms with Crippen LogP contribution < -0.4 is 10.1 Å². The molecule has 6 nitrogen and oxygen atoms in total. The standard InChI is InChI=1S/C15H11F3N2O4/c16-15(17,18)12-6-1-2-7-13(12)19-14(21)9-24-11-5-3-4-10(8-11)20(22)23/h1-8H,9H2,(H,19,21). The highest BCUT2D eigenvalue weighted by Crippen LogP contribution is 2.34. The van der Waals surface area contributed by atoms with E-state index in [-0.39, 0.29) is 11.4 Å². The van der Waals surface area contributed by atoms with Gasteiger partial charge in [0.2, 0.25) is 0 Å². The molecule has 0 atom stereocenters. The first-order valence-corrected chi connectivity index (χ1v) is 6.60. The van der Waals surface area contributed by atoms with Gasteiger partial charge in [-0.15, -0.1) is 0 Å². The molecule has 24 heavy (non-hydrogen) atoms. The largest absolute Gasteiger partial charge is 0.484 e. The maximum Gasteiger partial charge on any atom is 0.418 e. The summed E-state index contributed by atoms with van der Waals surface area (Å²) in [6.45, 7) is -0.590. The number of hydrogen-bond donors (Lipinski definition) is 1. The lowest BCUT2D eigenvalue weighted by molar-refractivity contribution is -0.384. The molecule has 0 unspecified atom stereocenters. The van der Waals surface area contributed by atoms with Gasteiger partial charge in [-0.2, -0.15) is 13.2 Å². The summed E-state index contributed by atoms with van der Waals surface area (Å²) in [6, 6.07) is 9.63. The maximum atomic E-state index is 12.8. The number of ether oxygens (including phenoxy) is 1. The molecule has 0 fully saturated rings. The number of benzene rings is 2. The topological polar surface area (TPSA) is 81.5 Å². The molecule has 0 aliphatic heterocycles. The van der Waals surface area contributed by atoms with Crippen LogP contribution in [0.4, 0.5) is 24.5 Å². The molecule has 0 heterocycles. The number of non-ortho nitro benzene ring substituents is 1. The van der Waals surface area contributed by atoms with Crippen molar-refractivity contribution in [3.63, 3.8) is 0 Å². The first kappa shape index (κ1) is 17.3. The number of carbonyl (C=O) groups is 1. The Hall–Kier alpha value is -3.10. The SMILES string of the molecule is O=C(COc1cccc([N+](=O)[O-])c1)Nc1ccccc1C(F)(F)F. The van der Waals surface area contributed by atoms with Gasteiger partial charge in [0, 0.05) is 6.07 Å². The second-order valence-electron chi connectivity index (χ2n) is 4.63. The molecular formula is C15H11F3N2O4. The number of carbonyl (C=O) groups excluding carboxylic acids is 1. The van der Waals surface area contributed by atoms with E-state index < -0.39 is 34.9 Å². The number of nitro groups is 1. The monoisotopic (exact) mass is 340 g/mol. The lowest BCUT2D eigenvalue weighted by Gasteiger charge is -2.13. The van der Waals surface area contributed by atoms with Gasteiger partial charge in [-0.05, 0) is 18.2 Å². The van der Waals surface area contributed by atoms with Gasteiger partial charge in [-0.25, -0.2) is 0 Å². The van der Waals surface area contributed by atoms with E-state index in [2.05, 4.69) is 5.32 Å². The average Bonchev–Trinajstić information content (AvgIpc) is 2.52. The number of alkyl halides is 3. The van der Waals surface area contributed by atoms with Crippen molar-refractivity contribution in [3.05, 3.63) is 64.2 Å². The highest BCUT2D eigenvalue weighted by Gasteiger charge is 2.33. The van der Waals surface area contributed by atoms with Crippen molar-refractivity contribution >= 4 is 17.3 Å². The molecule has 9 heteroatoms. The average molecular weight is 340 g/mol. The quantitative estimate of drug-likeness (QED) is 0.666.